The number of phenols is 2. The van der Waals surface area contributed by atoms with Gasteiger partial charge in [-0.3, -0.25) is 4.79 Å². The molecule has 0 radical (unpaired) electrons. The summed E-state index contributed by atoms with van der Waals surface area (Å²) in [4.78, 5) is 23.5. The molecular weight excluding hydrogens is 264 g/mol. The van der Waals surface area contributed by atoms with Gasteiger partial charge in [0.05, 0.1) is 17.6 Å². The first-order chi connectivity index (χ1) is 9.45. The minimum Gasteiger partial charge on any atom is -0.504 e. The van der Waals surface area contributed by atoms with Crippen molar-refractivity contribution in [1.29, 1.82) is 0 Å². The van der Waals surface area contributed by atoms with E-state index in [9.17, 15) is 24.9 Å². The lowest BCUT2D eigenvalue weighted by Crippen LogP contribution is -2.06. The lowest BCUT2D eigenvalue weighted by molar-refractivity contribution is 0.0526. The van der Waals surface area contributed by atoms with E-state index in [1.807, 2.05) is 0 Å². The molecule has 0 saturated heterocycles. The topological polar surface area (TPSA) is 104 Å². The van der Waals surface area contributed by atoms with Crippen LogP contribution < -0.4 is 5.43 Å². The number of phenolic OH excluding ortho intramolecular Hbond substituents is 2. The van der Waals surface area contributed by atoms with Crippen LogP contribution in [-0.4, -0.2) is 27.9 Å². The van der Waals surface area contributed by atoms with E-state index in [4.69, 9.17) is 4.74 Å². The molecule has 3 N–H and O–H groups in total. The van der Waals surface area contributed by atoms with Gasteiger partial charge in [0, 0.05) is 6.07 Å². The maximum atomic E-state index is 11.8. The molecule has 104 valence electrons. The average molecular weight is 276 g/mol. The lowest BCUT2D eigenvalue weighted by atomic mass is 10.1. The fourth-order valence-electron chi connectivity index (χ4n) is 1.84. The van der Waals surface area contributed by atoms with Crippen LogP contribution >= 0.6 is 0 Å². The van der Waals surface area contributed by atoms with Crippen LogP contribution in [0.15, 0.2) is 29.1 Å². The first kappa shape index (κ1) is 13.7. The molecule has 0 fully saturated rings. The highest BCUT2D eigenvalue weighted by molar-refractivity contribution is 5.99. The van der Waals surface area contributed by atoms with E-state index in [0.717, 1.165) is 6.07 Å². The van der Waals surface area contributed by atoms with Crippen molar-refractivity contribution in [2.75, 3.05) is 6.61 Å². The molecule has 0 heterocycles. The van der Waals surface area contributed by atoms with Crippen molar-refractivity contribution >= 4 is 16.7 Å². The zero-order chi connectivity index (χ0) is 14.9. The van der Waals surface area contributed by atoms with Gasteiger partial charge in [0.2, 0.25) is 5.43 Å². The van der Waals surface area contributed by atoms with Gasteiger partial charge in [0.1, 0.15) is 0 Å². The standard InChI is InChI=1S/C14H12O6/c1-2-20-14(19)8-5-7-3-4-9(15)12(17)11(7)13(18)10(16)6-8/h3-6,15,17H,2H2,1H3,(H,16,18). The van der Waals surface area contributed by atoms with E-state index >= 15 is 0 Å². The molecule has 6 heteroatoms. The van der Waals surface area contributed by atoms with Crippen LogP contribution in [0, 0.1) is 0 Å². The number of carbonyl (C=O) groups is 1. The van der Waals surface area contributed by atoms with Gasteiger partial charge in [-0.1, -0.05) is 6.07 Å². The van der Waals surface area contributed by atoms with Crippen LogP contribution in [0.2, 0.25) is 0 Å². The molecule has 0 bridgehead atoms. The maximum absolute atomic E-state index is 11.8. The van der Waals surface area contributed by atoms with E-state index in [1.54, 1.807) is 6.92 Å². The number of fused-ring (bicyclic) bond motifs is 1. The highest BCUT2D eigenvalue weighted by Crippen LogP contribution is 2.36. The predicted octanol–water partition coefficient (Wildman–Crippen LogP) is 1.49. The largest absolute Gasteiger partial charge is 0.504 e. The van der Waals surface area contributed by atoms with E-state index in [0.29, 0.717) is 0 Å². The Morgan fingerprint density at radius 3 is 2.50 bits per heavy atom. The molecule has 0 amide bonds. The Kier molecular flexibility index (Phi) is 3.47. The minimum atomic E-state index is -0.857. The van der Waals surface area contributed by atoms with Crippen molar-refractivity contribution < 1.29 is 24.9 Å². The number of esters is 1. The number of ether oxygens (including phenoxy) is 1. The van der Waals surface area contributed by atoms with Gasteiger partial charge in [-0.25, -0.2) is 4.79 Å². The molecule has 2 aromatic rings. The number of carbonyl (C=O) groups excluding carboxylic acids is 1. The molecule has 2 rings (SSSR count). The zero-order valence-electron chi connectivity index (χ0n) is 10.6. The Morgan fingerprint density at radius 2 is 1.85 bits per heavy atom. The van der Waals surface area contributed by atoms with Gasteiger partial charge < -0.3 is 20.1 Å². The second-order valence-corrected chi connectivity index (χ2v) is 4.07. The number of hydrogen-bond donors (Lipinski definition) is 3. The zero-order valence-corrected chi connectivity index (χ0v) is 10.6. The van der Waals surface area contributed by atoms with Crippen LogP contribution in [0.5, 0.6) is 17.2 Å². The van der Waals surface area contributed by atoms with Crippen LogP contribution in [0.25, 0.3) is 10.8 Å². The molecule has 0 aliphatic heterocycles. The first-order valence-corrected chi connectivity index (χ1v) is 5.84. The normalized spacial score (nSPS) is 10.4. The molecule has 0 atom stereocenters. The summed E-state index contributed by atoms with van der Waals surface area (Å²) in [6.07, 6.45) is 0. The van der Waals surface area contributed by atoms with Crippen molar-refractivity contribution in [3.8, 4) is 17.2 Å². The van der Waals surface area contributed by atoms with Gasteiger partial charge in [-0.2, -0.15) is 0 Å². The van der Waals surface area contributed by atoms with Gasteiger partial charge in [0.25, 0.3) is 0 Å². The average Bonchev–Trinajstić information content (AvgIpc) is 2.53. The van der Waals surface area contributed by atoms with Gasteiger partial charge >= 0.3 is 5.97 Å². The molecule has 2 aromatic carbocycles. The predicted molar refractivity (Wildman–Crippen MR) is 71.2 cm³/mol. The number of aromatic hydroxyl groups is 3. The lowest BCUT2D eigenvalue weighted by Gasteiger charge is -2.02. The number of rotatable bonds is 2. The van der Waals surface area contributed by atoms with Crippen molar-refractivity contribution in [3.63, 3.8) is 0 Å². The van der Waals surface area contributed by atoms with Crippen molar-refractivity contribution in [2.45, 2.75) is 6.92 Å². The molecule has 0 spiro atoms. The molecule has 0 aromatic heterocycles. The number of hydrogen-bond acceptors (Lipinski definition) is 6. The molecule has 0 unspecified atom stereocenters. The third-order valence-electron chi connectivity index (χ3n) is 2.77. The fraction of sp³-hybridized carbons (Fsp3) is 0.143. The van der Waals surface area contributed by atoms with Crippen molar-refractivity contribution in [1.82, 2.24) is 0 Å². The maximum Gasteiger partial charge on any atom is 0.338 e. The second kappa shape index (κ2) is 5.08. The third-order valence-corrected chi connectivity index (χ3v) is 2.77. The van der Waals surface area contributed by atoms with E-state index in [-0.39, 0.29) is 22.9 Å². The molecule has 20 heavy (non-hydrogen) atoms. The Bertz CT molecular complexity index is 751. The molecule has 0 aliphatic rings. The summed E-state index contributed by atoms with van der Waals surface area (Å²) in [7, 11) is 0. The number of benzene rings is 1. The SMILES string of the molecule is CCOC(=O)c1cc(=O)c(O)c2c(O)c(O)ccc2c1. The quantitative estimate of drug-likeness (QED) is 0.567. The fourth-order valence-corrected chi connectivity index (χ4v) is 1.84. The van der Waals surface area contributed by atoms with Gasteiger partial charge in [0.15, 0.2) is 17.2 Å². The summed E-state index contributed by atoms with van der Waals surface area (Å²) < 4.78 is 4.80. The van der Waals surface area contributed by atoms with E-state index < -0.39 is 28.6 Å². The minimum absolute atomic E-state index is 0.0489. The Labute approximate surface area is 113 Å². The Balaban J connectivity index is 2.87. The van der Waals surface area contributed by atoms with E-state index in [1.165, 1.54) is 18.2 Å². The second-order valence-electron chi connectivity index (χ2n) is 4.07. The van der Waals surface area contributed by atoms with Crippen LogP contribution in [-0.2, 0) is 4.74 Å². The summed E-state index contributed by atoms with van der Waals surface area (Å²) in [6, 6.07) is 4.78. The van der Waals surface area contributed by atoms with Crippen LogP contribution in [0.1, 0.15) is 17.3 Å². The van der Waals surface area contributed by atoms with Crippen molar-refractivity contribution in [2.24, 2.45) is 0 Å². The molecule has 0 saturated carbocycles. The smallest absolute Gasteiger partial charge is 0.338 e. The Morgan fingerprint density at radius 1 is 1.15 bits per heavy atom. The Hall–Kier alpha value is -2.76. The monoisotopic (exact) mass is 276 g/mol. The first-order valence-electron chi connectivity index (χ1n) is 5.84. The molecule has 6 nitrogen and oxygen atoms in total. The van der Waals surface area contributed by atoms with Crippen LogP contribution in [0.4, 0.5) is 0 Å². The van der Waals surface area contributed by atoms with Gasteiger partial charge in [-0.05, 0) is 24.4 Å². The third kappa shape index (κ3) is 2.23. The van der Waals surface area contributed by atoms with Gasteiger partial charge in [-0.15, -0.1) is 0 Å². The highest BCUT2D eigenvalue weighted by Gasteiger charge is 2.15. The summed E-state index contributed by atoms with van der Waals surface area (Å²) in [5, 5.41) is 29.0. The highest BCUT2D eigenvalue weighted by atomic mass is 16.5. The van der Waals surface area contributed by atoms with Crippen LogP contribution in [0.3, 0.4) is 0 Å². The van der Waals surface area contributed by atoms with Crippen molar-refractivity contribution in [3.05, 3.63) is 40.1 Å². The summed E-state index contributed by atoms with van der Waals surface area (Å²) in [6.45, 7) is 1.76. The summed E-state index contributed by atoms with van der Waals surface area (Å²) in [5.74, 6) is -2.56. The van der Waals surface area contributed by atoms with E-state index in [2.05, 4.69) is 0 Å². The molecular formula is C14H12O6. The summed E-state index contributed by atoms with van der Waals surface area (Å²) in [5.41, 5.74) is -0.906. The molecule has 0 aliphatic carbocycles. The summed E-state index contributed by atoms with van der Waals surface area (Å²) >= 11 is 0.